The first-order chi connectivity index (χ1) is 6.22. The van der Waals surface area contributed by atoms with E-state index < -0.39 is 0 Å². The molecular weight excluding hydrogens is 160 g/mol. The zero-order valence-corrected chi connectivity index (χ0v) is 8.04. The summed E-state index contributed by atoms with van der Waals surface area (Å²) in [5, 5.41) is 1.24. The number of nitrogen functional groups attached to an aromatic ring is 1. The van der Waals surface area contributed by atoms with E-state index in [2.05, 4.69) is 30.7 Å². The standard InChI is InChI=1S/C11H14N2/c1-3-10-7-8-6-9(12)4-5-11(8)13(10)2/h4-7H,3,12H2,1-2H3. The molecule has 0 aliphatic rings. The lowest BCUT2D eigenvalue weighted by atomic mass is 10.2. The lowest BCUT2D eigenvalue weighted by Crippen LogP contribution is -1.93. The van der Waals surface area contributed by atoms with Crippen LogP contribution in [0.25, 0.3) is 10.9 Å². The number of fused-ring (bicyclic) bond motifs is 1. The Hall–Kier alpha value is -1.44. The van der Waals surface area contributed by atoms with E-state index in [1.165, 1.54) is 16.6 Å². The highest BCUT2D eigenvalue weighted by atomic mass is 14.9. The lowest BCUT2D eigenvalue weighted by molar-refractivity contribution is 0.866. The molecule has 0 bridgehead atoms. The fourth-order valence-corrected chi connectivity index (χ4v) is 1.76. The molecule has 2 rings (SSSR count). The summed E-state index contributed by atoms with van der Waals surface area (Å²) in [5.74, 6) is 0. The van der Waals surface area contributed by atoms with Crippen LogP contribution in [0.3, 0.4) is 0 Å². The van der Waals surface area contributed by atoms with Crippen molar-refractivity contribution in [3.63, 3.8) is 0 Å². The van der Waals surface area contributed by atoms with Crippen molar-refractivity contribution in [2.45, 2.75) is 13.3 Å². The first kappa shape index (κ1) is 8.17. The van der Waals surface area contributed by atoms with Crippen molar-refractivity contribution in [2.24, 2.45) is 7.05 Å². The summed E-state index contributed by atoms with van der Waals surface area (Å²) >= 11 is 0. The summed E-state index contributed by atoms with van der Waals surface area (Å²) in [4.78, 5) is 0. The molecule has 1 aromatic carbocycles. The zero-order chi connectivity index (χ0) is 9.42. The van der Waals surface area contributed by atoms with Crippen LogP contribution in [0.2, 0.25) is 0 Å². The number of rotatable bonds is 1. The number of nitrogens with zero attached hydrogens (tertiary/aromatic N) is 1. The highest BCUT2D eigenvalue weighted by molar-refractivity contribution is 5.84. The predicted octanol–water partition coefficient (Wildman–Crippen LogP) is 2.32. The molecule has 2 heteroatoms. The molecule has 0 aliphatic heterocycles. The largest absolute Gasteiger partial charge is 0.399 e. The van der Waals surface area contributed by atoms with Crippen LogP contribution >= 0.6 is 0 Å². The van der Waals surface area contributed by atoms with Crippen molar-refractivity contribution >= 4 is 16.6 Å². The van der Waals surface area contributed by atoms with Gasteiger partial charge in [-0.3, -0.25) is 0 Å². The summed E-state index contributed by atoms with van der Waals surface area (Å²) in [7, 11) is 2.09. The van der Waals surface area contributed by atoms with Gasteiger partial charge in [0, 0.05) is 29.3 Å². The van der Waals surface area contributed by atoms with E-state index >= 15 is 0 Å². The van der Waals surface area contributed by atoms with Crippen LogP contribution in [-0.4, -0.2) is 4.57 Å². The van der Waals surface area contributed by atoms with Gasteiger partial charge in [-0.15, -0.1) is 0 Å². The molecule has 13 heavy (non-hydrogen) atoms. The van der Waals surface area contributed by atoms with Gasteiger partial charge in [-0.1, -0.05) is 6.92 Å². The van der Waals surface area contributed by atoms with Crippen molar-refractivity contribution in [3.8, 4) is 0 Å². The second-order valence-corrected chi connectivity index (χ2v) is 3.37. The fraction of sp³-hybridized carbons (Fsp3) is 0.273. The zero-order valence-electron chi connectivity index (χ0n) is 8.04. The third kappa shape index (κ3) is 1.18. The molecule has 0 atom stereocenters. The van der Waals surface area contributed by atoms with Gasteiger partial charge in [0.2, 0.25) is 0 Å². The molecule has 2 N–H and O–H groups in total. The molecule has 1 aromatic heterocycles. The average Bonchev–Trinajstić information content (AvgIpc) is 2.42. The van der Waals surface area contributed by atoms with Crippen molar-refractivity contribution < 1.29 is 0 Å². The third-order valence-electron chi connectivity index (χ3n) is 2.53. The molecular formula is C11H14N2. The van der Waals surface area contributed by atoms with Crippen molar-refractivity contribution in [2.75, 3.05) is 5.73 Å². The molecule has 0 aliphatic carbocycles. The second-order valence-electron chi connectivity index (χ2n) is 3.37. The molecule has 0 saturated carbocycles. The minimum absolute atomic E-state index is 0.834. The molecule has 0 amide bonds. The Bertz CT molecular complexity index is 441. The minimum Gasteiger partial charge on any atom is -0.399 e. The van der Waals surface area contributed by atoms with E-state index in [1.54, 1.807) is 0 Å². The number of nitrogens with two attached hydrogens (primary N) is 1. The average molecular weight is 174 g/mol. The molecule has 1 heterocycles. The maximum absolute atomic E-state index is 5.72. The second kappa shape index (κ2) is 2.80. The van der Waals surface area contributed by atoms with Crippen LogP contribution in [0, 0.1) is 0 Å². The van der Waals surface area contributed by atoms with Gasteiger partial charge in [0.1, 0.15) is 0 Å². The van der Waals surface area contributed by atoms with E-state index in [1.807, 2.05) is 12.1 Å². The number of benzene rings is 1. The maximum atomic E-state index is 5.72. The molecule has 0 saturated heterocycles. The first-order valence-electron chi connectivity index (χ1n) is 4.56. The van der Waals surface area contributed by atoms with Gasteiger partial charge in [0.05, 0.1) is 0 Å². The van der Waals surface area contributed by atoms with Gasteiger partial charge in [-0.2, -0.15) is 0 Å². The molecule has 0 fully saturated rings. The number of hydrogen-bond donors (Lipinski definition) is 1. The van der Waals surface area contributed by atoms with Gasteiger partial charge in [0.15, 0.2) is 0 Å². The lowest BCUT2D eigenvalue weighted by Gasteiger charge is -2.00. The summed E-state index contributed by atoms with van der Waals surface area (Å²) in [6, 6.07) is 8.24. The Labute approximate surface area is 78.0 Å². The quantitative estimate of drug-likeness (QED) is 0.661. The summed E-state index contributed by atoms with van der Waals surface area (Å²) in [5.41, 5.74) is 9.15. The van der Waals surface area contributed by atoms with Crippen LogP contribution in [0.15, 0.2) is 24.3 Å². The monoisotopic (exact) mass is 174 g/mol. The molecule has 0 radical (unpaired) electrons. The topological polar surface area (TPSA) is 30.9 Å². The fourth-order valence-electron chi connectivity index (χ4n) is 1.76. The Kier molecular flexibility index (Phi) is 1.76. The van der Waals surface area contributed by atoms with E-state index in [9.17, 15) is 0 Å². The Morgan fingerprint density at radius 1 is 1.31 bits per heavy atom. The van der Waals surface area contributed by atoms with Gasteiger partial charge < -0.3 is 10.3 Å². The van der Waals surface area contributed by atoms with E-state index in [0.29, 0.717) is 0 Å². The summed E-state index contributed by atoms with van der Waals surface area (Å²) < 4.78 is 2.22. The predicted molar refractivity (Wildman–Crippen MR) is 56.7 cm³/mol. The summed E-state index contributed by atoms with van der Waals surface area (Å²) in [6.45, 7) is 2.16. The smallest absolute Gasteiger partial charge is 0.0481 e. The van der Waals surface area contributed by atoms with Crippen molar-refractivity contribution in [1.82, 2.24) is 4.57 Å². The number of anilines is 1. The van der Waals surface area contributed by atoms with Crippen LogP contribution in [0.1, 0.15) is 12.6 Å². The normalized spacial score (nSPS) is 10.9. The Morgan fingerprint density at radius 2 is 2.08 bits per heavy atom. The molecule has 2 nitrogen and oxygen atoms in total. The SMILES string of the molecule is CCc1cc2cc(N)ccc2n1C. The van der Waals surface area contributed by atoms with Gasteiger partial charge in [-0.25, -0.2) is 0 Å². The number of aryl methyl sites for hydroxylation is 2. The first-order valence-corrected chi connectivity index (χ1v) is 4.56. The molecule has 0 spiro atoms. The Balaban J connectivity index is 2.76. The number of hydrogen-bond acceptors (Lipinski definition) is 1. The third-order valence-corrected chi connectivity index (χ3v) is 2.53. The van der Waals surface area contributed by atoms with Gasteiger partial charge >= 0.3 is 0 Å². The Morgan fingerprint density at radius 3 is 2.77 bits per heavy atom. The van der Waals surface area contributed by atoms with Gasteiger partial charge in [-0.05, 0) is 30.7 Å². The number of aromatic nitrogens is 1. The van der Waals surface area contributed by atoms with Crippen molar-refractivity contribution in [1.29, 1.82) is 0 Å². The van der Waals surface area contributed by atoms with E-state index in [-0.39, 0.29) is 0 Å². The van der Waals surface area contributed by atoms with E-state index in [4.69, 9.17) is 5.73 Å². The molecule has 68 valence electrons. The van der Waals surface area contributed by atoms with Crippen LogP contribution in [-0.2, 0) is 13.5 Å². The molecule has 0 unspecified atom stereocenters. The highest BCUT2D eigenvalue weighted by Gasteiger charge is 2.03. The maximum Gasteiger partial charge on any atom is 0.0481 e. The van der Waals surface area contributed by atoms with Crippen molar-refractivity contribution in [3.05, 3.63) is 30.0 Å². The van der Waals surface area contributed by atoms with Crippen LogP contribution in [0.5, 0.6) is 0 Å². The summed E-state index contributed by atoms with van der Waals surface area (Å²) in [6.07, 6.45) is 1.06. The van der Waals surface area contributed by atoms with Crippen LogP contribution < -0.4 is 5.73 Å². The minimum atomic E-state index is 0.834. The van der Waals surface area contributed by atoms with E-state index in [0.717, 1.165) is 12.1 Å². The van der Waals surface area contributed by atoms with Crippen LogP contribution in [0.4, 0.5) is 5.69 Å². The van der Waals surface area contributed by atoms with Gasteiger partial charge in [0.25, 0.3) is 0 Å². The molecule has 2 aromatic rings. The highest BCUT2D eigenvalue weighted by Crippen LogP contribution is 2.21.